The van der Waals surface area contributed by atoms with E-state index in [4.69, 9.17) is 21.1 Å². The molecule has 0 spiro atoms. The monoisotopic (exact) mass is 210 g/mol. The molecule has 74 valence electrons. The Kier molecular flexibility index (Phi) is 2.59. The lowest BCUT2D eigenvalue weighted by Crippen LogP contribution is -2.25. The molecule has 0 aromatic heterocycles. The number of ether oxygens (including phenoxy) is 2. The van der Waals surface area contributed by atoms with Crippen molar-refractivity contribution < 1.29 is 9.47 Å². The Hall–Kier alpha value is -0.830. The Balaban J connectivity index is 2.36. The van der Waals surface area contributed by atoms with Gasteiger partial charge in [-0.2, -0.15) is 0 Å². The normalized spacial score (nSPS) is 26.4. The molecular weight excluding hydrogens is 200 g/mol. The van der Waals surface area contributed by atoms with E-state index in [1.54, 1.807) is 6.08 Å². The first kappa shape index (κ1) is 9.71. The molecule has 0 amide bonds. The van der Waals surface area contributed by atoms with E-state index in [-0.39, 0.29) is 0 Å². The number of hydrogen-bond acceptors (Lipinski definition) is 2. The van der Waals surface area contributed by atoms with Crippen molar-refractivity contribution in [3.05, 3.63) is 47.5 Å². The van der Waals surface area contributed by atoms with Crippen LogP contribution in [0.4, 0.5) is 0 Å². The topological polar surface area (TPSA) is 18.5 Å². The Morgan fingerprint density at radius 3 is 2.57 bits per heavy atom. The fourth-order valence-corrected chi connectivity index (χ4v) is 1.64. The Morgan fingerprint density at radius 2 is 2.07 bits per heavy atom. The summed E-state index contributed by atoms with van der Waals surface area (Å²) in [6.45, 7) is 4.60. The standard InChI is InChI=1S/C11H11ClO2/c1-2-11(7-13-8-14-11)9-3-5-10(12)6-4-9/h2-6H,1,7-8H2/t11-/m0/s1. The third-order valence-corrected chi connectivity index (χ3v) is 2.63. The Bertz CT molecular complexity index is 326. The van der Waals surface area contributed by atoms with Crippen molar-refractivity contribution in [3.8, 4) is 0 Å². The zero-order chi connectivity index (χ0) is 10.0. The molecule has 0 unspecified atom stereocenters. The van der Waals surface area contributed by atoms with E-state index in [1.807, 2.05) is 24.3 Å². The van der Waals surface area contributed by atoms with Gasteiger partial charge in [0.2, 0.25) is 0 Å². The number of hydrogen-bond donors (Lipinski definition) is 0. The van der Waals surface area contributed by atoms with Crippen LogP contribution in [0.3, 0.4) is 0 Å². The van der Waals surface area contributed by atoms with Gasteiger partial charge in [-0.1, -0.05) is 36.4 Å². The zero-order valence-corrected chi connectivity index (χ0v) is 8.46. The van der Waals surface area contributed by atoms with Crippen LogP contribution < -0.4 is 0 Å². The summed E-state index contributed by atoms with van der Waals surface area (Å²) < 4.78 is 10.7. The van der Waals surface area contributed by atoms with E-state index >= 15 is 0 Å². The van der Waals surface area contributed by atoms with Crippen molar-refractivity contribution >= 4 is 11.6 Å². The molecule has 0 aliphatic carbocycles. The van der Waals surface area contributed by atoms with Gasteiger partial charge in [-0.3, -0.25) is 0 Å². The van der Waals surface area contributed by atoms with Crippen LogP contribution in [0.2, 0.25) is 5.02 Å². The zero-order valence-electron chi connectivity index (χ0n) is 7.70. The molecular formula is C11H11ClO2. The predicted molar refractivity (Wildman–Crippen MR) is 55.2 cm³/mol. The second-order valence-electron chi connectivity index (χ2n) is 3.21. The molecule has 0 bridgehead atoms. The quantitative estimate of drug-likeness (QED) is 0.699. The Labute approximate surface area is 88.1 Å². The summed E-state index contributed by atoms with van der Waals surface area (Å²) >= 11 is 5.81. The number of rotatable bonds is 2. The molecule has 1 aliphatic rings. The van der Waals surface area contributed by atoms with Crippen molar-refractivity contribution in [2.75, 3.05) is 13.4 Å². The molecule has 1 saturated heterocycles. The van der Waals surface area contributed by atoms with Crippen LogP contribution in [0, 0.1) is 0 Å². The molecule has 1 heterocycles. The average Bonchev–Trinajstić information content (AvgIpc) is 2.68. The van der Waals surface area contributed by atoms with Gasteiger partial charge in [-0.15, -0.1) is 0 Å². The molecule has 3 heteroatoms. The van der Waals surface area contributed by atoms with Crippen LogP contribution in [0.1, 0.15) is 5.56 Å². The number of halogens is 1. The summed E-state index contributed by atoms with van der Waals surface area (Å²) in [4.78, 5) is 0. The van der Waals surface area contributed by atoms with Gasteiger partial charge in [0, 0.05) is 5.02 Å². The van der Waals surface area contributed by atoms with E-state index in [1.165, 1.54) is 0 Å². The fraction of sp³-hybridized carbons (Fsp3) is 0.273. The van der Waals surface area contributed by atoms with Gasteiger partial charge in [-0.25, -0.2) is 0 Å². The largest absolute Gasteiger partial charge is 0.352 e. The summed E-state index contributed by atoms with van der Waals surface area (Å²) in [5.41, 5.74) is 0.527. The molecule has 0 saturated carbocycles. The lowest BCUT2D eigenvalue weighted by atomic mass is 9.95. The molecule has 14 heavy (non-hydrogen) atoms. The summed E-state index contributed by atoms with van der Waals surface area (Å²) in [6.07, 6.45) is 1.77. The van der Waals surface area contributed by atoms with Crippen molar-refractivity contribution in [3.63, 3.8) is 0 Å². The van der Waals surface area contributed by atoms with Crippen LogP contribution in [-0.2, 0) is 15.1 Å². The van der Waals surface area contributed by atoms with E-state index < -0.39 is 5.60 Å². The first-order chi connectivity index (χ1) is 6.77. The minimum Gasteiger partial charge on any atom is -0.352 e. The van der Waals surface area contributed by atoms with Crippen molar-refractivity contribution in [2.24, 2.45) is 0 Å². The molecule has 2 nitrogen and oxygen atoms in total. The second kappa shape index (κ2) is 3.73. The van der Waals surface area contributed by atoms with Gasteiger partial charge in [0.1, 0.15) is 12.4 Å². The smallest absolute Gasteiger partial charge is 0.148 e. The molecule has 2 rings (SSSR count). The summed E-state index contributed by atoms with van der Waals surface area (Å²) in [7, 11) is 0. The van der Waals surface area contributed by atoms with E-state index in [0.29, 0.717) is 18.4 Å². The van der Waals surface area contributed by atoms with Crippen molar-refractivity contribution in [1.29, 1.82) is 0 Å². The third-order valence-electron chi connectivity index (χ3n) is 2.38. The highest BCUT2D eigenvalue weighted by atomic mass is 35.5. The Morgan fingerprint density at radius 1 is 1.36 bits per heavy atom. The van der Waals surface area contributed by atoms with Gasteiger partial charge in [0.25, 0.3) is 0 Å². The molecule has 1 aliphatic heterocycles. The molecule has 1 fully saturated rings. The van der Waals surface area contributed by atoms with Gasteiger partial charge >= 0.3 is 0 Å². The van der Waals surface area contributed by atoms with Gasteiger partial charge in [-0.05, 0) is 17.7 Å². The highest BCUT2D eigenvalue weighted by Gasteiger charge is 2.34. The molecule has 1 atom stereocenters. The van der Waals surface area contributed by atoms with Gasteiger partial charge in [0.15, 0.2) is 0 Å². The van der Waals surface area contributed by atoms with Crippen molar-refractivity contribution in [1.82, 2.24) is 0 Å². The fourth-order valence-electron chi connectivity index (χ4n) is 1.52. The first-order valence-electron chi connectivity index (χ1n) is 4.38. The lowest BCUT2D eigenvalue weighted by molar-refractivity contribution is 0.0154. The highest BCUT2D eigenvalue weighted by molar-refractivity contribution is 6.30. The maximum Gasteiger partial charge on any atom is 0.148 e. The third kappa shape index (κ3) is 1.57. The minimum absolute atomic E-state index is 0.314. The maximum absolute atomic E-state index is 5.81. The first-order valence-corrected chi connectivity index (χ1v) is 4.76. The highest BCUT2D eigenvalue weighted by Crippen LogP contribution is 2.32. The second-order valence-corrected chi connectivity index (χ2v) is 3.65. The van der Waals surface area contributed by atoms with E-state index in [0.717, 1.165) is 5.56 Å². The average molecular weight is 211 g/mol. The minimum atomic E-state index is -0.495. The predicted octanol–water partition coefficient (Wildman–Crippen LogP) is 2.73. The van der Waals surface area contributed by atoms with Crippen LogP contribution in [0.15, 0.2) is 36.9 Å². The summed E-state index contributed by atoms with van der Waals surface area (Å²) in [5.74, 6) is 0. The SMILES string of the molecule is C=C[C@@]1(c2ccc(Cl)cc2)COCO1. The van der Waals surface area contributed by atoms with Crippen LogP contribution >= 0.6 is 11.6 Å². The van der Waals surface area contributed by atoms with Crippen LogP contribution in [0.25, 0.3) is 0 Å². The van der Waals surface area contributed by atoms with Crippen LogP contribution in [-0.4, -0.2) is 13.4 Å². The molecule has 1 aromatic carbocycles. The molecule has 1 aromatic rings. The maximum atomic E-state index is 5.81. The lowest BCUT2D eigenvalue weighted by Gasteiger charge is -2.22. The van der Waals surface area contributed by atoms with E-state index in [2.05, 4.69) is 6.58 Å². The summed E-state index contributed by atoms with van der Waals surface area (Å²) in [5, 5.41) is 0.715. The van der Waals surface area contributed by atoms with Crippen LogP contribution in [0.5, 0.6) is 0 Å². The summed E-state index contributed by atoms with van der Waals surface area (Å²) in [6, 6.07) is 7.53. The van der Waals surface area contributed by atoms with Crippen molar-refractivity contribution in [2.45, 2.75) is 5.60 Å². The van der Waals surface area contributed by atoms with E-state index in [9.17, 15) is 0 Å². The molecule has 0 N–H and O–H groups in total. The van der Waals surface area contributed by atoms with Gasteiger partial charge in [0.05, 0.1) is 6.61 Å². The van der Waals surface area contributed by atoms with Gasteiger partial charge < -0.3 is 9.47 Å². The number of benzene rings is 1. The molecule has 0 radical (unpaired) electrons.